The standard InChI is InChI=1S/C13H14Cl2N4S/c1-8(10-3-2-9(14)6-11(10)15)19-13(16)18-7-12-17-4-5-20-12/h2-6,8H,7H2,1H3,(H3,16,18,19). The molecule has 1 aromatic carbocycles. The van der Waals surface area contributed by atoms with Crippen LogP contribution in [-0.2, 0) is 6.54 Å². The van der Waals surface area contributed by atoms with Crippen molar-refractivity contribution in [2.75, 3.05) is 0 Å². The Hall–Kier alpha value is -1.30. The summed E-state index contributed by atoms with van der Waals surface area (Å²) in [5.41, 5.74) is 6.77. The molecule has 0 aliphatic carbocycles. The van der Waals surface area contributed by atoms with E-state index in [0.29, 0.717) is 22.5 Å². The van der Waals surface area contributed by atoms with Gasteiger partial charge in [-0.25, -0.2) is 9.98 Å². The fourth-order valence-electron chi connectivity index (χ4n) is 1.68. The van der Waals surface area contributed by atoms with Crippen molar-refractivity contribution in [3.8, 4) is 0 Å². The summed E-state index contributed by atoms with van der Waals surface area (Å²) in [5, 5.41) is 7.14. The number of rotatable bonds is 4. The van der Waals surface area contributed by atoms with Crippen LogP contribution in [0.1, 0.15) is 23.5 Å². The summed E-state index contributed by atoms with van der Waals surface area (Å²) in [6, 6.07) is 5.32. The molecule has 7 heteroatoms. The van der Waals surface area contributed by atoms with E-state index in [1.807, 2.05) is 18.4 Å². The highest BCUT2D eigenvalue weighted by Gasteiger charge is 2.10. The molecule has 1 unspecified atom stereocenters. The molecule has 0 radical (unpaired) electrons. The average molecular weight is 329 g/mol. The highest BCUT2D eigenvalue weighted by atomic mass is 35.5. The zero-order chi connectivity index (χ0) is 14.5. The van der Waals surface area contributed by atoms with Gasteiger partial charge in [-0.15, -0.1) is 11.3 Å². The molecule has 0 amide bonds. The van der Waals surface area contributed by atoms with E-state index in [1.165, 1.54) is 0 Å². The Balaban J connectivity index is 1.99. The van der Waals surface area contributed by atoms with Crippen LogP contribution in [0.4, 0.5) is 0 Å². The maximum absolute atomic E-state index is 6.15. The van der Waals surface area contributed by atoms with Gasteiger partial charge in [0.1, 0.15) is 5.01 Å². The second-order valence-electron chi connectivity index (χ2n) is 4.16. The van der Waals surface area contributed by atoms with Crippen LogP contribution in [0.5, 0.6) is 0 Å². The highest BCUT2D eigenvalue weighted by Crippen LogP contribution is 2.25. The molecule has 0 aliphatic heterocycles. The first-order valence-electron chi connectivity index (χ1n) is 5.96. The van der Waals surface area contributed by atoms with Crippen LogP contribution in [0.2, 0.25) is 10.0 Å². The molecule has 1 atom stereocenters. The zero-order valence-electron chi connectivity index (χ0n) is 10.8. The van der Waals surface area contributed by atoms with Crippen molar-refractivity contribution in [2.45, 2.75) is 19.5 Å². The van der Waals surface area contributed by atoms with E-state index < -0.39 is 0 Å². The quantitative estimate of drug-likeness (QED) is 0.665. The minimum absolute atomic E-state index is 0.0557. The largest absolute Gasteiger partial charge is 0.370 e. The molecule has 2 rings (SSSR count). The topological polar surface area (TPSA) is 63.3 Å². The molecular weight excluding hydrogens is 315 g/mol. The third-order valence-electron chi connectivity index (χ3n) is 2.66. The summed E-state index contributed by atoms with van der Waals surface area (Å²) >= 11 is 13.6. The van der Waals surface area contributed by atoms with Gasteiger partial charge in [0.15, 0.2) is 5.96 Å². The fourth-order valence-corrected chi connectivity index (χ4v) is 2.79. The Bertz CT molecular complexity index is 598. The monoisotopic (exact) mass is 328 g/mol. The van der Waals surface area contributed by atoms with Crippen molar-refractivity contribution in [1.29, 1.82) is 0 Å². The van der Waals surface area contributed by atoms with Gasteiger partial charge in [0.05, 0.1) is 12.6 Å². The molecule has 106 valence electrons. The van der Waals surface area contributed by atoms with Crippen molar-refractivity contribution in [3.05, 3.63) is 50.4 Å². The molecule has 1 aromatic heterocycles. The summed E-state index contributed by atoms with van der Waals surface area (Å²) in [7, 11) is 0. The van der Waals surface area contributed by atoms with E-state index in [-0.39, 0.29) is 6.04 Å². The van der Waals surface area contributed by atoms with E-state index in [2.05, 4.69) is 15.3 Å². The third kappa shape index (κ3) is 4.10. The Morgan fingerprint density at radius 1 is 1.50 bits per heavy atom. The Morgan fingerprint density at radius 3 is 2.95 bits per heavy atom. The second-order valence-corrected chi connectivity index (χ2v) is 5.98. The van der Waals surface area contributed by atoms with Crippen molar-refractivity contribution < 1.29 is 0 Å². The summed E-state index contributed by atoms with van der Waals surface area (Å²) in [6.45, 7) is 2.43. The van der Waals surface area contributed by atoms with Crippen LogP contribution in [0, 0.1) is 0 Å². The minimum atomic E-state index is -0.0557. The fraction of sp³-hybridized carbons (Fsp3) is 0.231. The van der Waals surface area contributed by atoms with Crippen molar-refractivity contribution >= 4 is 40.5 Å². The van der Waals surface area contributed by atoms with Crippen molar-refractivity contribution in [2.24, 2.45) is 10.7 Å². The molecule has 0 aliphatic rings. The third-order valence-corrected chi connectivity index (χ3v) is 3.99. The number of benzene rings is 1. The number of aromatic nitrogens is 1. The van der Waals surface area contributed by atoms with Gasteiger partial charge in [0.2, 0.25) is 0 Å². The van der Waals surface area contributed by atoms with Crippen LogP contribution in [0.3, 0.4) is 0 Å². The lowest BCUT2D eigenvalue weighted by Gasteiger charge is -2.16. The van der Waals surface area contributed by atoms with E-state index in [9.17, 15) is 0 Å². The highest BCUT2D eigenvalue weighted by molar-refractivity contribution is 7.09. The molecule has 1 heterocycles. The first kappa shape index (κ1) is 15.1. The van der Waals surface area contributed by atoms with Gasteiger partial charge < -0.3 is 11.1 Å². The Kier molecular flexibility index (Phi) is 5.23. The number of guanidine groups is 1. The van der Waals surface area contributed by atoms with Crippen LogP contribution < -0.4 is 11.1 Å². The summed E-state index contributed by atoms with van der Waals surface area (Å²) in [4.78, 5) is 8.38. The number of aliphatic imine (C=N–C) groups is 1. The summed E-state index contributed by atoms with van der Waals surface area (Å²) in [6.07, 6.45) is 1.75. The lowest BCUT2D eigenvalue weighted by molar-refractivity contribution is 0.708. The molecule has 0 saturated carbocycles. The normalized spacial score (nSPS) is 13.2. The van der Waals surface area contributed by atoms with Crippen LogP contribution in [-0.4, -0.2) is 10.9 Å². The lowest BCUT2D eigenvalue weighted by atomic mass is 10.1. The minimum Gasteiger partial charge on any atom is -0.370 e. The molecule has 3 N–H and O–H groups in total. The Labute approximate surface area is 131 Å². The van der Waals surface area contributed by atoms with Gasteiger partial charge in [-0.3, -0.25) is 0 Å². The van der Waals surface area contributed by atoms with E-state index >= 15 is 0 Å². The predicted molar refractivity (Wildman–Crippen MR) is 85.5 cm³/mol. The van der Waals surface area contributed by atoms with Gasteiger partial charge >= 0.3 is 0 Å². The van der Waals surface area contributed by atoms with E-state index in [1.54, 1.807) is 29.7 Å². The number of nitrogens with zero attached hydrogens (tertiary/aromatic N) is 2. The lowest BCUT2D eigenvalue weighted by Crippen LogP contribution is -2.33. The summed E-state index contributed by atoms with van der Waals surface area (Å²) in [5.74, 6) is 0.360. The average Bonchev–Trinajstić information content (AvgIpc) is 2.89. The van der Waals surface area contributed by atoms with Crippen LogP contribution in [0.15, 0.2) is 34.8 Å². The predicted octanol–water partition coefficient (Wildman–Crippen LogP) is 3.62. The van der Waals surface area contributed by atoms with Gasteiger partial charge in [0.25, 0.3) is 0 Å². The number of halogens is 2. The molecule has 0 bridgehead atoms. The number of nitrogens with two attached hydrogens (primary N) is 1. The van der Waals surface area contributed by atoms with E-state index in [0.717, 1.165) is 10.6 Å². The number of thiazole rings is 1. The smallest absolute Gasteiger partial charge is 0.189 e. The molecule has 20 heavy (non-hydrogen) atoms. The molecule has 0 saturated heterocycles. The van der Waals surface area contributed by atoms with Crippen molar-refractivity contribution in [3.63, 3.8) is 0 Å². The molecule has 4 nitrogen and oxygen atoms in total. The molecule has 2 aromatic rings. The number of nitrogens with one attached hydrogen (secondary N) is 1. The Morgan fingerprint density at radius 2 is 2.30 bits per heavy atom. The molecule has 0 fully saturated rings. The van der Waals surface area contributed by atoms with Gasteiger partial charge in [0, 0.05) is 21.6 Å². The summed E-state index contributed by atoms with van der Waals surface area (Å²) < 4.78 is 0. The second kappa shape index (κ2) is 6.92. The zero-order valence-corrected chi connectivity index (χ0v) is 13.1. The van der Waals surface area contributed by atoms with Crippen LogP contribution in [0.25, 0.3) is 0 Å². The van der Waals surface area contributed by atoms with Gasteiger partial charge in [-0.2, -0.15) is 0 Å². The first-order valence-corrected chi connectivity index (χ1v) is 7.59. The van der Waals surface area contributed by atoms with E-state index in [4.69, 9.17) is 28.9 Å². The maximum atomic E-state index is 6.15. The number of hydrogen-bond donors (Lipinski definition) is 2. The van der Waals surface area contributed by atoms with Crippen LogP contribution >= 0.6 is 34.5 Å². The van der Waals surface area contributed by atoms with Gasteiger partial charge in [-0.05, 0) is 24.6 Å². The molecule has 0 spiro atoms. The van der Waals surface area contributed by atoms with Crippen molar-refractivity contribution in [1.82, 2.24) is 10.3 Å². The SMILES string of the molecule is CC(NC(N)=NCc1nccs1)c1ccc(Cl)cc1Cl. The maximum Gasteiger partial charge on any atom is 0.189 e. The van der Waals surface area contributed by atoms with Gasteiger partial charge in [-0.1, -0.05) is 29.3 Å². The number of hydrogen-bond acceptors (Lipinski definition) is 3. The first-order chi connectivity index (χ1) is 9.56. The molecular formula is C13H14Cl2N4S.